The van der Waals surface area contributed by atoms with Crippen LogP contribution in [-0.4, -0.2) is 27.5 Å². The zero-order chi connectivity index (χ0) is 25.5. The summed E-state index contributed by atoms with van der Waals surface area (Å²) in [4.78, 5) is 27.8. The van der Waals surface area contributed by atoms with Gasteiger partial charge in [-0.3, -0.25) is 14.5 Å². The van der Waals surface area contributed by atoms with Gasteiger partial charge in [-0.1, -0.05) is 48.2 Å². The van der Waals surface area contributed by atoms with Crippen molar-refractivity contribution in [2.45, 2.75) is 6.54 Å². The van der Waals surface area contributed by atoms with Gasteiger partial charge in [-0.2, -0.15) is 0 Å². The number of fused-ring (bicyclic) bond motifs is 2. The zero-order valence-electron chi connectivity index (χ0n) is 19.1. The van der Waals surface area contributed by atoms with Crippen molar-refractivity contribution < 1.29 is 23.5 Å². The normalized spacial score (nSPS) is 15.7. The summed E-state index contributed by atoms with van der Waals surface area (Å²) in [6, 6.07) is 18.6. The summed E-state index contributed by atoms with van der Waals surface area (Å²) in [6.07, 6.45) is 3.59. The Morgan fingerprint density at radius 3 is 2.78 bits per heavy atom. The molecule has 0 bridgehead atoms. The van der Waals surface area contributed by atoms with Crippen LogP contribution in [0.15, 0.2) is 77.8 Å². The minimum atomic E-state index is -0.447. The molecule has 6 rings (SSSR count). The average Bonchev–Trinajstić information content (AvgIpc) is 3.55. The van der Waals surface area contributed by atoms with Crippen LogP contribution >= 0.6 is 24.0 Å². The number of aromatic nitrogens is 1. The second-order valence-corrected chi connectivity index (χ2v) is 10.0. The van der Waals surface area contributed by atoms with Gasteiger partial charge < -0.3 is 19.4 Å². The Bertz CT molecular complexity index is 1630. The van der Waals surface area contributed by atoms with Crippen molar-refractivity contribution in [2.75, 3.05) is 17.0 Å². The van der Waals surface area contributed by atoms with Gasteiger partial charge in [0.05, 0.1) is 10.6 Å². The van der Waals surface area contributed by atoms with Crippen molar-refractivity contribution in [1.29, 1.82) is 0 Å². The van der Waals surface area contributed by atoms with Crippen LogP contribution in [0.3, 0.4) is 0 Å². The molecule has 1 fully saturated rings. The van der Waals surface area contributed by atoms with E-state index in [0.717, 1.165) is 28.2 Å². The summed E-state index contributed by atoms with van der Waals surface area (Å²) < 4.78 is 26.6. The number of amides is 2. The minimum Gasteiger partial charge on any atom is -0.454 e. The third-order valence-electron chi connectivity index (χ3n) is 5.94. The fourth-order valence-corrected chi connectivity index (χ4v) is 5.59. The van der Waals surface area contributed by atoms with E-state index in [2.05, 4.69) is 5.32 Å². The Morgan fingerprint density at radius 1 is 1.08 bits per heavy atom. The maximum absolute atomic E-state index is 13.7. The predicted molar refractivity (Wildman–Crippen MR) is 145 cm³/mol. The van der Waals surface area contributed by atoms with E-state index in [4.69, 9.17) is 21.7 Å². The second-order valence-electron chi connectivity index (χ2n) is 8.34. The second kappa shape index (κ2) is 9.38. The van der Waals surface area contributed by atoms with E-state index >= 15 is 0 Å². The number of carbonyl (C=O) groups is 2. The number of hydrogen-bond donors (Lipinski definition) is 1. The standard InChI is InChI=1S/C27H18FN3O4S2/c28-17-4-3-5-19(11-17)31-26(33)24(37-27(31)36)10-16-13-30(21-7-2-1-6-20(16)21)14-25(32)29-18-8-9-22-23(12-18)35-15-34-22/h1-13H,14-15H2,(H,29,32)/b24-10+. The molecule has 1 saturated heterocycles. The Kier molecular flexibility index (Phi) is 5.90. The number of benzene rings is 3. The number of halogens is 1. The highest BCUT2D eigenvalue weighted by atomic mass is 32.2. The number of rotatable bonds is 5. The van der Waals surface area contributed by atoms with Crippen LogP contribution in [0.1, 0.15) is 5.56 Å². The zero-order valence-corrected chi connectivity index (χ0v) is 20.8. The third kappa shape index (κ3) is 4.45. The molecule has 0 saturated carbocycles. The Hall–Kier alpha value is -4.15. The van der Waals surface area contributed by atoms with E-state index in [-0.39, 0.29) is 25.2 Å². The molecule has 3 aromatic carbocycles. The van der Waals surface area contributed by atoms with Crippen LogP contribution in [0.5, 0.6) is 11.5 Å². The summed E-state index contributed by atoms with van der Waals surface area (Å²) in [5.41, 5.74) is 2.60. The number of ether oxygens (including phenoxy) is 2. The van der Waals surface area contributed by atoms with Gasteiger partial charge in [-0.05, 0) is 42.5 Å². The van der Waals surface area contributed by atoms with E-state index in [9.17, 15) is 14.0 Å². The first-order valence-corrected chi connectivity index (χ1v) is 12.5. The molecule has 2 amide bonds. The van der Waals surface area contributed by atoms with Gasteiger partial charge in [0.2, 0.25) is 12.7 Å². The van der Waals surface area contributed by atoms with E-state index in [0.29, 0.717) is 32.1 Å². The van der Waals surface area contributed by atoms with Crippen molar-refractivity contribution in [3.05, 3.63) is 89.2 Å². The molecule has 1 aromatic heterocycles. The topological polar surface area (TPSA) is 72.8 Å². The Balaban J connectivity index is 1.27. The first-order chi connectivity index (χ1) is 18.0. The fourth-order valence-electron chi connectivity index (χ4n) is 4.30. The molecule has 4 aromatic rings. The van der Waals surface area contributed by atoms with Gasteiger partial charge in [0.25, 0.3) is 5.91 Å². The minimum absolute atomic E-state index is 0.0625. The van der Waals surface area contributed by atoms with Crippen molar-refractivity contribution in [3.63, 3.8) is 0 Å². The molecule has 37 heavy (non-hydrogen) atoms. The van der Waals surface area contributed by atoms with Crippen LogP contribution in [0.2, 0.25) is 0 Å². The lowest BCUT2D eigenvalue weighted by Crippen LogP contribution is -2.27. The number of anilines is 2. The molecule has 0 aliphatic carbocycles. The summed E-state index contributed by atoms with van der Waals surface area (Å²) in [5.74, 6) is 0.239. The lowest BCUT2D eigenvalue weighted by molar-refractivity contribution is -0.116. The maximum Gasteiger partial charge on any atom is 0.270 e. The molecule has 0 spiro atoms. The van der Waals surface area contributed by atoms with Crippen molar-refractivity contribution in [1.82, 2.24) is 4.57 Å². The highest BCUT2D eigenvalue weighted by Gasteiger charge is 2.33. The monoisotopic (exact) mass is 531 g/mol. The molecule has 184 valence electrons. The number of nitrogens with zero attached hydrogens (tertiary/aromatic N) is 2. The Labute approximate surface area is 220 Å². The number of para-hydroxylation sites is 1. The van der Waals surface area contributed by atoms with Gasteiger partial charge in [0, 0.05) is 34.4 Å². The smallest absolute Gasteiger partial charge is 0.270 e. The summed E-state index contributed by atoms with van der Waals surface area (Å²) in [6.45, 7) is 0.221. The average molecular weight is 532 g/mol. The number of carbonyl (C=O) groups excluding carboxylic acids is 2. The lowest BCUT2D eigenvalue weighted by Gasteiger charge is -2.14. The number of thioether (sulfide) groups is 1. The predicted octanol–water partition coefficient (Wildman–Crippen LogP) is 5.55. The molecule has 0 atom stereocenters. The van der Waals surface area contributed by atoms with Crippen LogP contribution in [-0.2, 0) is 16.1 Å². The van der Waals surface area contributed by atoms with Gasteiger partial charge >= 0.3 is 0 Å². The molecular formula is C27H18FN3O4S2. The number of thiocarbonyl (C=S) groups is 1. The molecule has 10 heteroatoms. The van der Waals surface area contributed by atoms with Gasteiger partial charge in [0.1, 0.15) is 12.4 Å². The van der Waals surface area contributed by atoms with Gasteiger partial charge in [0.15, 0.2) is 15.8 Å². The quantitative estimate of drug-likeness (QED) is 0.269. The number of hydrogen-bond acceptors (Lipinski definition) is 6. The molecule has 7 nitrogen and oxygen atoms in total. The van der Waals surface area contributed by atoms with Crippen LogP contribution in [0.4, 0.5) is 15.8 Å². The van der Waals surface area contributed by atoms with E-state index in [1.54, 1.807) is 30.3 Å². The Morgan fingerprint density at radius 2 is 1.92 bits per heavy atom. The van der Waals surface area contributed by atoms with Gasteiger partial charge in [-0.15, -0.1) is 0 Å². The van der Waals surface area contributed by atoms with Gasteiger partial charge in [-0.25, -0.2) is 4.39 Å². The molecule has 2 aliphatic heterocycles. The molecule has 0 radical (unpaired) electrons. The van der Waals surface area contributed by atoms with Crippen molar-refractivity contribution in [3.8, 4) is 11.5 Å². The lowest BCUT2D eigenvalue weighted by atomic mass is 10.1. The highest BCUT2D eigenvalue weighted by molar-refractivity contribution is 8.27. The maximum atomic E-state index is 13.7. The first-order valence-electron chi connectivity index (χ1n) is 11.3. The largest absolute Gasteiger partial charge is 0.454 e. The first kappa shape index (κ1) is 23.3. The SMILES string of the molecule is O=C(Cn1cc(/C=C2/SC(=S)N(c3cccc(F)c3)C2=O)c2ccccc21)Nc1ccc2c(c1)OCO2. The van der Waals surface area contributed by atoms with E-state index in [1.165, 1.54) is 23.1 Å². The number of nitrogens with one attached hydrogen (secondary N) is 1. The van der Waals surface area contributed by atoms with Crippen LogP contribution in [0.25, 0.3) is 17.0 Å². The molecule has 3 heterocycles. The molecule has 0 unspecified atom stereocenters. The summed E-state index contributed by atoms with van der Waals surface area (Å²) in [5, 5.41) is 3.77. The summed E-state index contributed by atoms with van der Waals surface area (Å²) in [7, 11) is 0. The summed E-state index contributed by atoms with van der Waals surface area (Å²) >= 11 is 6.57. The fraction of sp³-hybridized carbons (Fsp3) is 0.0741. The van der Waals surface area contributed by atoms with Crippen molar-refractivity contribution >= 4 is 68.5 Å². The van der Waals surface area contributed by atoms with Crippen molar-refractivity contribution in [2.24, 2.45) is 0 Å². The van der Waals surface area contributed by atoms with Crippen LogP contribution < -0.4 is 19.7 Å². The molecule has 1 N–H and O–H groups in total. The van der Waals surface area contributed by atoms with Crippen LogP contribution in [0, 0.1) is 5.82 Å². The molecular weight excluding hydrogens is 513 g/mol. The van der Waals surface area contributed by atoms with E-state index in [1.807, 2.05) is 35.0 Å². The molecule has 2 aliphatic rings. The van der Waals surface area contributed by atoms with E-state index < -0.39 is 5.82 Å². The highest BCUT2D eigenvalue weighted by Crippen LogP contribution is 2.37. The third-order valence-corrected chi connectivity index (χ3v) is 7.24.